The third kappa shape index (κ3) is 17.0. The Morgan fingerprint density at radius 3 is 1.45 bits per heavy atom. The number of unbranched alkanes of at least 4 members (excludes halogenated alkanes) is 8. The van der Waals surface area contributed by atoms with Crippen LogP contribution < -0.4 is 9.47 Å². The molecule has 0 aromatic heterocycles. The summed E-state index contributed by atoms with van der Waals surface area (Å²) in [6, 6.07) is 16.2. The Labute approximate surface area is 376 Å². The Kier molecular flexibility index (Phi) is 20.7. The molecule has 0 saturated carbocycles. The highest BCUT2D eigenvalue weighted by molar-refractivity contribution is 8.77. The maximum Gasteiger partial charge on any atom is 0.310 e. The van der Waals surface area contributed by atoms with Crippen LogP contribution in [0.4, 0.5) is 0 Å². The van der Waals surface area contributed by atoms with Crippen molar-refractivity contribution in [1.29, 1.82) is 0 Å². The number of aryl methyl sites for hydroxylation is 2. The van der Waals surface area contributed by atoms with Crippen LogP contribution >= 0.6 is 68.6 Å². The molecule has 0 N–H and O–H groups in total. The fourth-order valence-electron chi connectivity index (χ4n) is 8.34. The number of rotatable bonds is 28. The molecule has 9 unspecified atom stereocenters. The maximum atomic E-state index is 11.7. The number of carbonyl (C=O) groups is 2. The van der Waals surface area contributed by atoms with E-state index in [0.29, 0.717) is 24.3 Å². The molecular formula is C48H70O4S6. The molecule has 2 aromatic rings. The van der Waals surface area contributed by atoms with Crippen molar-refractivity contribution in [3.8, 4) is 11.5 Å². The molecule has 0 amide bonds. The van der Waals surface area contributed by atoms with Crippen molar-refractivity contribution in [2.75, 3.05) is 5.75 Å². The summed E-state index contributed by atoms with van der Waals surface area (Å²) in [6.45, 7) is 6.04. The third-order valence-corrected chi connectivity index (χ3v) is 21.5. The number of carbonyl (C=O) groups excluding carboxylic acids is 2. The molecule has 10 heteroatoms. The van der Waals surface area contributed by atoms with Gasteiger partial charge in [-0.05, 0) is 99.6 Å². The van der Waals surface area contributed by atoms with Gasteiger partial charge in [0.2, 0.25) is 0 Å². The molecule has 6 rings (SSSR count). The van der Waals surface area contributed by atoms with E-state index in [0.717, 1.165) is 60.1 Å². The molecule has 4 aliphatic heterocycles. The summed E-state index contributed by atoms with van der Waals surface area (Å²) in [5.41, 5.74) is 2.55. The smallest absolute Gasteiger partial charge is 0.310 e. The highest BCUT2D eigenvalue weighted by Crippen LogP contribution is 2.58. The summed E-state index contributed by atoms with van der Waals surface area (Å²) in [4.78, 5) is 23.5. The van der Waals surface area contributed by atoms with Gasteiger partial charge in [0.15, 0.2) is 0 Å². The second-order valence-electron chi connectivity index (χ2n) is 16.9. The average Bonchev–Trinajstić information content (AvgIpc) is 4.14. The molecule has 0 spiro atoms. The van der Waals surface area contributed by atoms with E-state index in [1.54, 1.807) is 0 Å². The van der Waals surface area contributed by atoms with Crippen molar-refractivity contribution in [1.82, 2.24) is 0 Å². The molecule has 2 aromatic carbocycles. The molecule has 0 radical (unpaired) electrons. The van der Waals surface area contributed by atoms with Gasteiger partial charge in [-0.15, -0.1) is 0 Å². The molecule has 322 valence electrons. The van der Waals surface area contributed by atoms with Crippen LogP contribution in [0.2, 0.25) is 0 Å². The van der Waals surface area contributed by atoms with Crippen molar-refractivity contribution >= 4 is 80.6 Å². The first-order valence-electron chi connectivity index (χ1n) is 22.9. The molecule has 0 bridgehead atoms. The zero-order valence-corrected chi connectivity index (χ0v) is 40.4. The van der Waals surface area contributed by atoms with Crippen LogP contribution in [-0.4, -0.2) is 64.9 Å². The summed E-state index contributed by atoms with van der Waals surface area (Å²) in [5.74, 6) is 2.44. The fraction of sp³-hybridized carbons (Fsp3) is 0.708. The number of hydrogen-bond donors (Lipinski definition) is 0. The third-order valence-electron chi connectivity index (χ3n) is 12.0. The second-order valence-corrected chi connectivity index (χ2v) is 25.5. The van der Waals surface area contributed by atoms with Crippen LogP contribution in [0.1, 0.15) is 154 Å². The van der Waals surface area contributed by atoms with Crippen molar-refractivity contribution in [2.24, 2.45) is 0 Å². The molecule has 9 atom stereocenters. The first-order valence-corrected chi connectivity index (χ1v) is 29.0. The van der Waals surface area contributed by atoms with Crippen LogP contribution in [-0.2, 0) is 22.4 Å². The van der Waals surface area contributed by atoms with Crippen LogP contribution in [0.15, 0.2) is 48.5 Å². The van der Waals surface area contributed by atoms with Gasteiger partial charge in [-0.1, -0.05) is 124 Å². The Morgan fingerprint density at radius 1 is 0.534 bits per heavy atom. The SMILES string of the molecule is CCCC1SC1CC1SC(CC2SC2CC2CS2)C(CCCCCCCc2cccc(OC(=O)CC)c2)SSC1CCCCCCCc1cccc(OC(=O)CC)c1. The average molecular weight is 903 g/mol. The quantitative estimate of drug-likeness (QED) is 0.0271. The van der Waals surface area contributed by atoms with Gasteiger partial charge in [-0.3, -0.25) is 9.59 Å². The Hall–Kier alpha value is -0.520. The monoisotopic (exact) mass is 902 g/mol. The van der Waals surface area contributed by atoms with Crippen molar-refractivity contribution in [3.63, 3.8) is 0 Å². The minimum atomic E-state index is -0.166. The van der Waals surface area contributed by atoms with E-state index in [-0.39, 0.29) is 11.9 Å². The van der Waals surface area contributed by atoms with E-state index in [1.807, 2.05) is 50.2 Å². The summed E-state index contributed by atoms with van der Waals surface area (Å²) in [5, 5.41) is 7.77. The minimum Gasteiger partial charge on any atom is -0.427 e. The number of hydrogen-bond acceptors (Lipinski definition) is 10. The zero-order valence-electron chi connectivity index (χ0n) is 35.5. The van der Waals surface area contributed by atoms with Gasteiger partial charge in [-0.25, -0.2) is 0 Å². The van der Waals surface area contributed by atoms with E-state index in [4.69, 9.17) is 9.47 Å². The number of ether oxygens (including phenoxy) is 2. The van der Waals surface area contributed by atoms with Gasteiger partial charge in [0.1, 0.15) is 11.5 Å². The Balaban J connectivity index is 0.960. The van der Waals surface area contributed by atoms with Crippen molar-refractivity contribution in [2.45, 2.75) is 203 Å². The summed E-state index contributed by atoms with van der Waals surface area (Å²) in [6.07, 6.45) is 25.7. The molecule has 0 aliphatic carbocycles. The van der Waals surface area contributed by atoms with Gasteiger partial charge < -0.3 is 9.47 Å². The molecular weight excluding hydrogens is 833 g/mol. The minimum absolute atomic E-state index is 0.166. The topological polar surface area (TPSA) is 52.6 Å². The molecule has 4 nitrogen and oxygen atoms in total. The predicted molar refractivity (Wildman–Crippen MR) is 261 cm³/mol. The largest absolute Gasteiger partial charge is 0.427 e. The molecule has 4 fully saturated rings. The highest BCUT2D eigenvalue weighted by atomic mass is 33.1. The number of thioether (sulfide) groups is 4. The van der Waals surface area contributed by atoms with Crippen molar-refractivity contribution in [3.05, 3.63) is 59.7 Å². The molecule has 58 heavy (non-hydrogen) atoms. The normalized spacial score (nSPS) is 27.5. The van der Waals surface area contributed by atoms with Crippen LogP contribution in [0.3, 0.4) is 0 Å². The van der Waals surface area contributed by atoms with Gasteiger partial charge in [0.05, 0.1) is 0 Å². The maximum absolute atomic E-state index is 11.7. The lowest BCUT2D eigenvalue weighted by Crippen LogP contribution is -2.27. The van der Waals surface area contributed by atoms with Gasteiger partial charge in [0.25, 0.3) is 0 Å². The van der Waals surface area contributed by atoms with Gasteiger partial charge >= 0.3 is 11.9 Å². The van der Waals surface area contributed by atoms with E-state index < -0.39 is 0 Å². The van der Waals surface area contributed by atoms with E-state index in [1.165, 1.54) is 126 Å². The summed E-state index contributed by atoms with van der Waals surface area (Å²) >= 11 is 9.27. The fourth-order valence-corrected chi connectivity index (χ4v) is 18.2. The summed E-state index contributed by atoms with van der Waals surface area (Å²) in [7, 11) is 4.63. The van der Waals surface area contributed by atoms with E-state index in [9.17, 15) is 9.59 Å². The predicted octanol–water partition coefficient (Wildman–Crippen LogP) is 14.4. The lowest BCUT2D eigenvalue weighted by molar-refractivity contribution is -0.134. The van der Waals surface area contributed by atoms with Crippen LogP contribution in [0.25, 0.3) is 0 Å². The highest BCUT2D eigenvalue weighted by Gasteiger charge is 2.47. The van der Waals surface area contributed by atoms with Crippen LogP contribution in [0.5, 0.6) is 11.5 Å². The van der Waals surface area contributed by atoms with Crippen LogP contribution in [0, 0.1) is 0 Å². The lowest BCUT2D eigenvalue weighted by Gasteiger charge is -2.27. The van der Waals surface area contributed by atoms with Crippen molar-refractivity contribution < 1.29 is 19.1 Å². The zero-order chi connectivity index (χ0) is 40.5. The standard InChI is InChI=1S/C48H70O4S6/c1-4-19-39-43(54-39)31-44-40(26-15-11-7-9-13-20-34-22-17-24-36(28-34)51-47(49)5-2)57-58-41(45(56-44)32-46-42(55-46)30-38-33-53-38)27-16-12-8-10-14-21-35-23-18-25-37(29-35)52-48(50)6-3/h17-18,22-25,28-29,38-46H,4-16,19-21,26-27,30-33H2,1-3H3. The Bertz CT molecular complexity index is 1540. The second kappa shape index (κ2) is 25.6. The van der Waals surface area contributed by atoms with Gasteiger partial charge in [0, 0.05) is 65.8 Å². The lowest BCUT2D eigenvalue weighted by atomic mass is 10.0. The molecule has 4 heterocycles. The Morgan fingerprint density at radius 2 is 0.966 bits per heavy atom. The first-order chi connectivity index (χ1) is 28.4. The first kappa shape index (κ1) is 47.0. The molecule has 4 saturated heterocycles. The van der Waals surface area contributed by atoms with Gasteiger partial charge in [-0.2, -0.15) is 47.0 Å². The number of esters is 2. The van der Waals surface area contributed by atoms with E-state index in [2.05, 4.69) is 87.7 Å². The molecule has 4 aliphatic rings. The van der Waals surface area contributed by atoms with E-state index >= 15 is 0 Å². The number of benzene rings is 2. The summed E-state index contributed by atoms with van der Waals surface area (Å²) < 4.78 is 10.9.